The van der Waals surface area contributed by atoms with E-state index in [1.807, 2.05) is 6.07 Å². The van der Waals surface area contributed by atoms with Gasteiger partial charge in [-0.25, -0.2) is 4.98 Å². The molecular weight excluding hydrogens is 414 g/mol. The fourth-order valence-corrected chi connectivity index (χ4v) is 4.48. The summed E-state index contributed by atoms with van der Waals surface area (Å²) in [6.45, 7) is 0.414. The van der Waals surface area contributed by atoms with Crippen LogP contribution in [-0.4, -0.2) is 57.5 Å². The Morgan fingerprint density at radius 3 is 2.66 bits per heavy atom. The molecule has 2 amide bonds. The van der Waals surface area contributed by atoms with Crippen molar-refractivity contribution < 1.29 is 24.2 Å². The van der Waals surface area contributed by atoms with E-state index in [0.717, 1.165) is 30.6 Å². The van der Waals surface area contributed by atoms with Crippen molar-refractivity contribution in [1.82, 2.24) is 10.3 Å². The van der Waals surface area contributed by atoms with Crippen LogP contribution in [0.15, 0.2) is 18.3 Å². The number of hydrogen-bond donors (Lipinski definition) is 3. The standard InChI is InChI=1S/C19H29N3O5S2/c1-27-18-7-6-14(11-22-18)10-21-17(24)13-28-9-8-15(29-12-16(20)23)4-2-3-5-19(25)26/h6-7,11,15H,2-5,8-10,12-13H2,1H3,(H2,20,23)(H,21,24)(H,25,26). The van der Waals surface area contributed by atoms with E-state index in [1.165, 1.54) is 23.5 Å². The lowest BCUT2D eigenvalue weighted by Gasteiger charge is -2.15. The van der Waals surface area contributed by atoms with E-state index in [0.29, 0.717) is 24.6 Å². The zero-order valence-corrected chi connectivity index (χ0v) is 18.2. The van der Waals surface area contributed by atoms with Crippen molar-refractivity contribution >= 4 is 41.3 Å². The third-order valence-electron chi connectivity index (χ3n) is 3.94. The van der Waals surface area contributed by atoms with Gasteiger partial charge in [0.05, 0.1) is 18.6 Å². The summed E-state index contributed by atoms with van der Waals surface area (Å²) >= 11 is 3.04. The van der Waals surface area contributed by atoms with Crippen LogP contribution < -0.4 is 15.8 Å². The molecule has 1 unspecified atom stereocenters. The number of carboxylic acid groups (broad SMARTS) is 1. The molecule has 1 rings (SSSR count). The maximum absolute atomic E-state index is 12.0. The minimum atomic E-state index is -0.793. The number of ether oxygens (including phenoxy) is 1. The van der Waals surface area contributed by atoms with Gasteiger partial charge in [-0.15, -0.1) is 11.8 Å². The molecular formula is C19H29N3O5S2. The zero-order chi connectivity index (χ0) is 21.5. The molecule has 0 saturated carbocycles. The summed E-state index contributed by atoms with van der Waals surface area (Å²) in [4.78, 5) is 37.7. The lowest BCUT2D eigenvalue weighted by Crippen LogP contribution is -2.25. The Morgan fingerprint density at radius 1 is 1.24 bits per heavy atom. The van der Waals surface area contributed by atoms with Crippen LogP contribution in [0.1, 0.15) is 37.7 Å². The number of thioether (sulfide) groups is 2. The van der Waals surface area contributed by atoms with Gasteiger partial charge in [0.25, 0.3) is 0 Å². The Bertz CT molecular complexity index is 643. The van der Waals surface area contributed by atoms with Crippen molar-refractivity contribution in [3.63, 3.8) is 0 Å². The maximum atomic E-state index is 12.0. The van der Waals surface area contributed by atoms with Crippen molar-refractivity contribution in [3.05, 3.63) is 23.9 Å². The van der Waals surface area contributed by atoms with E-state index in [2.05, 4.69) is 10.3 Å². The summed E-state index contributed by atoms with van der Waals surface area (Å²) < 4.78 is 5.00. The van der Waals surface area contributed by atoms with Gasteiger partial charge in [-0.05, 0) is 30.6 Å². The van der Waals surface area contributed by atoms with Crippen LogP contribution in [0.5, 0.6) is 5.88 Å². The number of carboxylic acids is 1. The number of aromatic nitrogens is 1. The number of methoxy groups -OCH3 is 1. The lowest BCUT2D eigenvalue weighted by atomic mass is 10.1. The predicted molar refractivity (Wildman–Crippen MR) is 116 cm³/mol. The van der Waals surface area contributed by atoms with Crippen molar-refractivity contribution in [1.29, 1.82) is 0 Å². The minimum Gasteiger partial charge on any atom is -0.481 e. The Kier molecular flexibility index (Phi) is 13.0. The first kappa shape index (κ1) is 25.1. The molecule has 0 aliphatic heterocycles. The molecule has 0 aliphatic rings. The molecule has 4 N–H and O–H groups in total. The van der Waals surface area contributed by atoms with Gasteiger partial charge in [0.1, 0.15) is 0 Å². The van der Waals surface area contributed by atoms with Crippen molar-refractivity contribution in [3.8, 4) is 5.88 Å². The van der Waals surface area contributed by atoms with Gasteiger partial charge < -0.3 is 20.9 Å². The molecule has 0 aliphatic carbocycles. The van der Waals surface area contributed by atoms with E-state index < -0.39 is 5.97 Å². The van der Waals surface area contributed by atoms with Crippen LogP contribution in [-0.2, 0) is 20.9 Å². The van der Waals surface area contributed by atoms with Gasteiger partial charge in [0, 0.05) is 30.5 Å². The first-order valence-electron chi connectivity index (χ1n) is 9.35. The van der Waals surface area contributed by atoms with E-state index in [1.54, 1.807) is 19.4 Å². The van der Waals surface area contributed by atoms with Crippen molar-refractivity contribution in [2.75, 3.05) is 24.4 Å². The molecule has 1 heterocycles. The first-order chi connectivity index (χ1) is 13.9. The zero-order valence-electron chi connectivity index (χ0n) is 16.6. The average molecular weight is 444 g/mol. The van der Waals surface area contributed by atoms with Crippen LogP contribution in [0.25, 0.3) is 0 Å². The highest BCUT2D eigenvalue weighted by atomic mass is 32.2. The summed E-state index contributed by atoms with van der Waals surface area (Å²) in [6.07, 6.45) is 4.92. The van der Waals surface area contributed by atoms with E-state index in [4.69, 9.17) is 15.6 Å². The Morgan fingerprint density at radius 2 is 2.03 bits per heavy atom. The molecule has 1 aromatic heterocycles. The molecule has 0 saturated heterocycles. The molecule has 0 fully saturated rings. The molecule has 10 heteroatoms. The van der Waals surface area contributed by atoms with Gasteiger partial charge in [0.15, 0.2) is 0 Å². The number of hydrogen-bond acceptors (Lipinski definition) is 7. The summed E-state index contributed by atoms with van der Waals surface area (Å²) in [5.41, 5.74) is 6.12. The van der Waals surface area contributed by atoms with E-state index in [-0.39, 0.29) is 29.2 Å². The smallest absolute Gasteiger partial charge is 0.303 e. The van der Waals surface area contributed by atoms with Gasteiger partial charge >= 0.3 is 5.97 Å². The molecule has 29 heavy (non-hydrogen) atoms. The Hall–Kier alpha value is -1.94. The highest BCUT2D eigenvalue weighted by Crippen LogP contribution is 2.23. The van der Waals surface area contributed by atoms with Crippen molar-refractivity contribution in [2.45, 2.75) is 43.9 Å². The second-order valence-electron chi connectivity index (χ2n) is 6.37. The summed E-state index contributed by atoms with van der Waals surface area (Å²) in [5, 5.41) is 11.8. The SMILES string of the molecule is COc1ccc(CNC(=O)CSCCC(CCCCC(=O)O)SCC(N)=O)cn1. The number of pyridine rings is 1. The highest BCUT2D eigenvalue weighted by Gasteiger charge is 2.12. The number of carbonyl (C=O) groups excluding carboxylic acids is 2. The topological polar surface area (TPSA) is 132 Å². The lowest BCUT2D eigenvalue weighted by molar-refractivity contribution is -0.137. The van der Waals surface area contributed by atoms with Gasteiger partial charge in [-0.2, -0.15) is 11.8 Å². The van der Waals surface area contributed by atoms with Crippen LogP contribution in [0.2, 0.25) is 0 Å². The number of amides is 2. The average Bonchev–Trinajstić information content (AvgIpc) is 2.70. The third-order valence-corrected chi connectivity index (χ3v) is 6.33. The predicted octanol–water partition coefficient (Wildman–Crippen LogP) is 2.06. The van der Waals surface area contributed by atoms with E-state index in [9.17, 15) is 14.4 Å². The summed E-state index contributed by atoms with van der Waals surface area (Å²) in [7, 11) is 1.55. The molecule has 1 aromatic rings. The number of aliphatic carboxylic acids is 1. The third kappa shape index (κ3) is 13.0. The number of carbonyl (C=O) groups is 3. The van der Waals surface area contributed by atoms with Gasteiger partial charge in [-0.1, -0.05) is 12.5 Å². The molecule has 0 aromatic carbocycles. The van der Waals surface area contributed by atoms with Gasteiger partial charge in [0.2, 0.25) is 17.7 Å². The van der Waals surface area contributed by atoms with Crippen LogP contribution in [0.4, 0.5) is 0 Å². The van der Waals surface area contributed by atoms with Crippen LogP contribution >= 0.6 is 23.5 Å². The molecule has 8 nitrogen and oxygen atoms in total. The summed E-state index contributed by atoms with van der Waals surface area (Å²) in [5.74, 6) is 0.729. The highest BCUT2D eigenvalue weighted by molar-refractivity contribution is 8.01. The number of nitrogens with two attached hydrogens (primary N) is 1. The number of primary amides is 1. The quantitative estimate of drug-likeness (QED) is 0.331. The van der Waals surface area contributed by atoms with Crippen molar-refractivity contribution in [2.24, 2.45) is 5.73 Å². The number of rotatable bonds is 16. The van der Waals surface area contributed by atoms with Crippen LogP contribution in [0.3, 0.4) is 0 Å². The number of nitrogens with zero attached hydrogens (tertiary/aromatic N) is 1. The molecule has 0 radical (unpaired) electrons. The second kappa shape index (κ2) is 15.0. The molecule has 1 atom stereocenters. The van der Waals surface area contributed by atoms with E-state index >= 15 is 0 Å². The number of nitrogens with one attached hydrogen (secondary N) is 1. The second-order valence-corrected chi connectivity index (χ2v) is 8.76. The number of unbranched alkanes of at least 4 members (excludes halogenated alkanes) is 1. The Labute approximate surface area is 179 Å². The van der Waals surface area contributed by atoms with Gasteiger partial charge in [-0.3, -0.25) is 14.4 Å². The largest absolute Gasteiger partial charge is 0.481 e. The normalized spacial score (nSPS) is 11.6. The van der Waals surface area contributed by atoms with Crippen LogP contribution in [0, 0.1) is 0 Å². The fraction of sp³-hybridized carbons (Fsp3) is 0.579. The molecule has 0 bridgehead atoms. The monoisotopic (exact) mass is 443 g/mol. The molecule has 0 spiro atoms. The Balaban J connectivity index is 2.24. The fourth-order valence-electron chi connectivity index (χ4n) is 2.43. The maximum Gasteiger partial charge on any atom is 0.303 e. The summed E-state index contributed by atoms with van der Waals surface area (Å²) in [6, 6.07) is 3.60. The minimum absolute atomic E-state index is 0.0476. The molecule has 162 valence electrons. The first-order valence-corrected chi connectivity index (χ1v) is 11.6.